The van der Waals surface area contributed by atoms with Gasteiger partial charge in [0.25, 0.3) is 15.6 Å². The van der Waals surface area contributed by atoms with E-state index < -0.39 is 15.8 Å². The molecule has 0 fully saturated rings. The predicted molar refractivity (Wildman–Crippen MR) is 116 cm³/mol. The lowest BCUT2D eigenvalue weighted by molar-refractivity contribution is 0.478. The number of anilines is 2. The summed E-state index contributed by atoms with van der Waals surface area (Å²) >= 11 is 0. The van der Waals surface area contributed by atoms with Crippen LogP contribution >= 0.6 is 0 Å². The molecule has 0 atom stereocenters. The van der Waals surface area contributed by atoms with Gasteiger partial charge in [0.05, 0.1) is 0 Å². The van der Waals surface area contributed by atoms with Gasteiger partial charge in [-0.2, -0.15) is 0 Å². The predicted octanol–water partition coefficient (Wildman–Crippen LogP) is 3.91. The normalized spacial score (nSPS) is 11.0. The van der Waals surface area contributed by atoms with Crippen LogP contribution in [0.5, 0.6) is 11.5 Å². The first-order chi connectivity index (χ1) is 14.2. The number of hydrogen-bond acceptors (Lipinski definition) is 5. The van der Waals surface area contributed by atoms with Crippen LogP contribution < -0.4 is 20.3 Å². The summed E-state index contributed by atoms with van der Waals surface area (Å²) in [5, 5.41) is 3.64. The van der Waals surface area contributed by atoms with E-state index in [-0.39, 0.29) is 17.0 Å². The first-order valence-electron chi connectivity index (χ1n) is 8.84. The van der Waals surface area contributed by atoms with Gasteiger partial charge in [0.1, 0.15) is 23.0 Å². The van der Waals surface area contributed by atoms with Gasteiger partial charge in [0.2, 0.25) is 0 Å². The Morgan fingerprint density at radius 1 is 1.17 bits per heavy atom. The highest BCUT2D eigenvalue weighted by Gasteiger charge is 2.14. The first kappa shape index (κ1) is 21.1. The molecule has 0 amide bonds. The number of halogens is 1. The summed E-state index contributed by atoms with van der Waals surface area (Å²) in [7, 11) is -0.495. The van der Waals surface area contributed by atoms with Gasteiger partial charge in [-0.25, -0.2) is 12.8 Å². The molecule has 0 saturated heterocycles. The van der Waals surface area contributed by atoms with Crippen molar-refractivity contribution in [3.63, 3.8) is 0 Å². The Balaban J connectivity index is 2.16. The molecule has 0 aliphatic carbocycles. The van der Waals surface area contributed by atoms with Gasteiger partial charge in [-0.05, 0) is 36.4 Å². The smallest absolute Gasteiger partial charge is 0.273 e. The maximum atomic E-state index is 13.6. The summed E-state index contributed by atoms with van der Waals surface area (Å²) in [6, 6.07) is 11.9. The molecule has 30 heavy (non-hydrogen) atoms. The lowest BCUT2D eigenvalue weighted by atomic mass is 10.0. The molecule has 0 spiro atoms. The molecule has 0 saturated carbocycles. The molecule has 9 heteroatoms. The SMILES string of the molecule is C=CS(=O)(=O)Nc1ccc(Oc2cccc(F)c2)c(-c2cc(NC)c(=O)n(C)c2)c1. The number of sulfonamides is 1. The molecule has 1 heterocycles. The second-order valence-electron chi connectivity index (χ2n) is 6.39. The van der Waals surface area contributed by atoms with E-state index in [1.54, 1.807) is 44.6 Å². The van der Waals surface area contributed by atoms with E-state index in [4.69, 9.17) is 4.74 Å². The number of rotatable bonds is 7. The highest BCUT2D eigenvalue weighted by molar-refractivity contribution is 7.95. The van der Waals surface area contributed by atoms with Crippen LogP contribution in [0, 0.1) is 5.82 Å². The highest BCUT2D eigenvalue weighted by atomic mass is 32.2. The standard InChI is InChI=1S/C21H20FN3O4S/c1-4-30(27,28)24-16-8-9-20(29-17-7-5-6-15(22)11-17)18(12-16)14-10-19(23-2)21(26)25(3)13-14/h4-13,23-24H,1H2,2-3H3. The third-order valence-corrected chi connectivity index (χ3v) is 5.21. The summed E-state index contributed by atoms with van der Waals surface area (Å²) < 4.78 is 46.9. The van der Waals surface area contributed by atoms with E-state index in [9.17, 15) is 17.6 Å². The van der Waals surface area contributed by atoms with Gasteiger partial charge in [0.15, 0.2) is 0 Å². The maximum absolute atomic E-state index is 13.6. The van der Waals surface area contributed by atoms with Crippen molar-refractivity contribution in [1.29, 1.82) is 0 Å². The second kappa shape index (κ2) is 8.42. The third kappa shape index (κ3) is 4.69. The van der Waals surface area contributed by atoms with Gasteiger partial charge < -0.3 is 14.6 Å². The van der Waals surface area contributed by atoms with Gasteiger partial charge in [-0.15, -0.1) is 0 Å². The van der Waals surface area contributed by atoms with Crippen molar-refractivity contribution < 1.29 is 17.5 Å². The number of aromatic nitrogens is 1. The highest BCUT2D eigenvalue weighted by Crippen LogP contribution is 2.36. The average molecular weight is 429 g/mol. The summed E-state index contributed by atoms with van der Waals surface area (Å²) in [6.07, 6.45) is 1.60. The minimum Gasteiger partial charge on any atom is -0.457 e. The minimum absolute atomic E-state index is 0.225. The summed E-state index contributed by atoms with van der Waals surface area (Å²) in [5.41, 5.74) is 1.49. The molecular formula is C21H20FN3O4S. The Morgan fingerprint density at radius 3 is 2.60 bits per heavy atom. The lowest BCUT2D eigenvalue weighted by Crippen LogP contribution is -2.19. The molecule has 0 aliphatic rings. The average Bonchev–Trinajstić information content (AvgIpc) is 2.71. The first-order valence-corrected chi connectivity index (χ1v) is 10.4. The molecule has 3 rings (SSSR count). The second-order valence-corrected chi connectivity index (χ2v) is 8.02. The fourth-order valence-corrected chi connectivity index (χ4v) is 3.35. The van der Waals surface area contributed by atoms with Crippen LogP contribution in [-0.4, -0.2) is 20.0 Å². The van der Waals surface area contributed by atoms with Crippen molar-refractivity contribution in [3.8, 4) is 22.6 Å². The molecule has 2 N–H and O–H groups in total. The topological polar surface area (TPSA) is 89.4 Å². The van der Waals surface area contributed by atoms with Gasteiger partial charge in [-0.3, -0.25) is 9.52 Å². The van der Waals surface area contributed by atoms with Crippen LogP contribution in [0.1, 0.15) is 0 Å². The van der Waals surface area contributed by atoms with Crippen molar-refractivity contribution in [3.05, 3.63) is 82.9 Å². The van der Waals surface area contributed by atoms with E-state index in [1.807, 2.05) is 0 Å². The van der Waals surface area contributed by atoms with E-state index >= 15 is 0 Å². The van der Waals surface area contributed by atoms with Crippen molar-refractivity contribution >= 4 is 21.4 Å². The number of nitrogens with one attached hydrogen (secondary N) is 2. The number of benzene rings is 2. The van der Waals surface area contributed by atoms with Crippen LogP contribution in [0.25, 0.3) is 11.1 Å². The monoisotopic (exact) mass is 429 g/mol. The van der Waals surface area contributed by atoms with Crippen LogP contribution in [0.4, 0.5) is 15.8 Å². The molecule has 3 aromatic rings. The molecule has 0 aliphatic heterocycles. The van der Waals surface area contributed by atoms with E-state index in [0.29, 0.717) is 22.6 Å². The number of pyridine rings is 1. The van der Waals surface area contributed by atoms with Crippen molar-refractivity contribution in [2.45, 2.75) is 0 Å². The summed E-state index contributed by atoms with van der Waals surface area (Å²) in [4.78, 5) is 12.2. The van der Waals surface area contributed by atoms with Crippen LogP contribution in [0.15, 0.2) is 71.5 Å². The number of hydrogen-bond donors (Lipinski definition) is 2. The minimum atomic E-state index is -3.72. The molecule has 0 unspecified atom stereocenters. The zero-order valence-corrected chi connectivity index (χ0v) is 17.2. The van der Waals surface area contributed by atoms with Crippen molar-refractivity contribution in [1.82, 2.24) is 4.57 Å². The molecule has 7 nitrogen and oxygen atoms in total. The number of ether oxygens (including phenoxy) is 1. The van der Waals surface area contributed by atoms with Crippen LogP contribution in [0.2, 0.25) is 0 Å². The quantitative estimate of drug-likeness (QED) is 0.594. The fourth-order valence-electron chi connectivity index (χ4n) is 2.81. The Kier molecular flexibility index (Phi) is 5.93. The Hall–Kier alpha value is -3.59. The van der Waals surface area contributed by atoms with E-state index in [2.05, 4.69) is 16.6 Å². The maximum Gasteiger partial charge on any atom is 0.273 e. The Labute approximate surface area is 173 Å². The van der Waals surface area contributed by atoms with E-state index in [0.717, 1.165) is 5.41 Å². The largest absolute Gasteiger partial charge is 0.457 e. The molecule has 156 valence electrons. The van der Waals surface area contributed by atoms with Crippen LogP contribution in [0.3, 0.4) is 0 Å². The Bertz CT molecular complexity index is 1270. The fraction of sp³-hybridized carbons (Fsp3) is 0.0952. The zero-order valence-electron chi connectivity index (χ0n) is 16.3. The van der Waals surface area contributed by atoms with Crippen molar-refractivity contribution in [2.75, 3.05) is 17.1 Å². The lowest BCUT2D eigenvalue weighted by Gasteiger charge is -2.15. The van der Waals surface area contributed by atoms with Gasteiger partial charge in [0, 0.05) is 48.6 Å². The van der Waals surface area contributed by atoms with E-state index in [1.165, 1.54) is 28.8 Å². The van der Waals surface area contributed by atoms with Crippen molar-refractivity contribution in [2.24, 2.45) is 7.05 Å². The third-order valence-electron chi connectivity index (χ3n) is 4.25. The molecular weight excluding hydrogens is 409 g/mol. The summed E-state index contributed by atoms with van der Waals surface area (Å²) in [6.45, 7) is 3.28. The van der Waals surface area contributed by atoms with Crippen LogP contribution in [-0.2, 0) is 17.1 Å². The molecule has 2 aromatic carbocycles. The number of nitrogens with zero attached hydrogens (tertiary/aromatic N) is 1. The van der Waals surface area contributed by atoms with Gasteiger partial charge in [-0.1, -0.05) is 12.6 Å². The molecule has 0 bridgehead atoms. The summed E-state index contributed by atoms with van der Waals surface area (Å²) in [5.74, 6) is 0.168. The zero-order chi connectivity index (χ0) is 21.9. The molecule has 0 radical (unpaired) electrons. The van der Waals surface area contributed by atoms with Gasteiger partial charge >= 0.3 is 0 Å². The Morgan fingerprint density at radius 2 is 1.93 bits per heavy atom. The number of aryl methyl sites for hydroxylation is 1. The molecule has 1 aromatic heterocycles.